The van der Waals surface area contributed by atoms with Gasteiger partial charge in [0.05, 0.1) is 5.60 Å². The highest BCUT2D eigenvalue weighted by atomic mass is 16.3. The Balaban J connectivity index is 1.93. The van der Waals surface area contributed by atoms with Crippen molar-refractivity contribution >= 4 is 0 Å². The molecule has 0 saturated carbocycles. The molecule has 0 aromatic carbocycles. The van der Waals surface area contributed by atoms with E-state index in [1.54, 1.807) is 0 Å². The topological polar surface area (TPSA) is 23.5 Å². The van der Waals surface area contributed by atoms with Crippen LogP contribution in [-0.4, -0.2) is 35.2 Å². The maximum atomic E-state index is 10.1. The van der Waals surface area contributed by atoms with Crippen molar-refractivity contribution in [3.05, 3.63) is 0 Å². The molecule has 0 aromatic heterocycles. The van der Waals surface area contributed by atoms with Crippen LogP contribution in [0.5, 0.6) is 0 Å². The van der Waals surface area contributed by atoms with Gasteiger partial charge in [-0.2, -0.15) is 0 Å². The van der Waals surface area contributed by atoms with E-state index >= 15 is 0 Å². The number of rotatable bonds is 8. The highest BCUT2D eigenvalue weighted by Gasteiger charge is 2.42. The minimum atomic E-state index is -0.387. The molecular weight excluding hydrogens is 198 g/mol. The van der Waals surface area contributed by atoms with Gasteiger partial charge in [-0.05, 0) is 18.9 Å². The van der Waals surface area contributed by atoms with Crippen molar-refractivity contribution < 1.29 is 5.11 Å². The minimum absolute atomic E-state index is 0.387. The number of β-amino-alcohol motifs (C(OH)–C–C–N with tert-alkyl or cyclic N) is 1. The van der Waals surface area contributed by atoms with Crippen LogP contribution >= 0.6 is 0 Å². The van der Waals surface area contributed by atoms with E-state index in [0.29, 0.717) is 5.92 Å². The fourth-order valence-electron chi connectivity index (χ4n) is 2.37. The zero-order valence-corrected chi connectivity index (χ0v) is 11.3. The van der Waals surface area contributed by atoms with Gasteiger partial charge in [0.2, 0.25) is 0 Å². The second-order valence-corrected chi connectivity index (χ2v) is 5.74. The third-order valence-electron chi connectivity index (χ3n) is 3.90. The molecule has 1 aliphatic heterocycles. The molecule has 0 aromatic rings. The smallest absolute Gasteiger partial charge is 0.0922 e. The number of unbranched alkanes of at least 4 members (excludes halogenated alkanes) is 5. The second kappa shape index (κ2) is 6.61. The summed E-state index contributed by atoms with van der Waals surface area (Å²) in [5.41, 5.74) is -0.387. The maximum Gasteiger partial charge on any atom is 0.0922 e. The van der Waals surface area contributed by atoms with Crippen molar-refractivity contribution in [1.82, 2.24) is 4.90 Å². The lowest BCUT2D eigenvalue weighted by Crippen LogP contribution is -2.64. The zero-order chi connectivity index (χ0) is 12.0. The number of hydrogen-bond acceptors (Lipinski definition) is 2. The van der Waals surface area contributed by atoms with Crippen LogP contribution in [0, 0.1) is 5.92 Å². The summed E-state index contributed by atoms with van der Waals surface area (Å²) in [5, 5.41) is 10.1. The van der Waals surface area contributed by atoms with Crippen LogP contribution in [0.3, 0.4) is 0 Å². The summed E-state index contributed by atoms with van der Waals surface area (Å²) in [6.45, 7) is 9.44. The van der Waals surface area contributed by atoms with E-state index in [1.807, 2.05) is 0 Å². The average molecular weight is 227 g/mol. The highest BCUT2D eigenvalue weighted by molar-refractivity contribution is 4.97. The normalized spacial score (nSPS) is 20.1. The summed E-state index contributed by atoms with van der Waals surface area (Å²) in [5.74, 6) is 0.397. The van der Waals surface area contributed by atoms with Gasteiger partial charge in [-0.1, -0.05) is 52.9 Å². The maximum absolute atomic E-state index is 10.1. The van der Waals surface area contributed by atoms with Crippen molar-refractivity contribution in [3.63, 3.8) is 0 Å². The summed E-state index contributed by atoms with van der Waals surface area (Å²) in [7, 11) is 0. The van der Waals surface area contributed by atoms with E-state index in [-0.39, 0.29) is 5.60 Å². The molecule has 2 nitrogen and oxygen atoms in total. The zero-order valence-electron chi connectivity index (χ0n) is 11.3. The molecule has 1 aliphatic rings. The van der Waals surface area contributed by atoms with Crippen LogP contribution < -0.4 is 0 Å². The average Bonchev–Trinajstić information content (AvgIpc) is 2.19. The Morgan fingerprint density at radius 2 is 1.62 bits per heavy atom. The Morgan fingerprint density at radius 3 is 2.19 bits per heavy atom. The largest absolute Gasteiger partial charge is 0.387 e. The second-order valence-electron chi connectivity index (χ2n) is 5.74. The van der Waals surface area contributed by atoms with Crippen molar-refractivity contribution in [2.75, 3.05) is 19.6 Å². The highest BCUT2D eigenvalue weighted by Crippen LogP contribution is 2.28. The summed E-state index contributed by atoms with van der Waals surface area (Å²) in [6, 6.07) is 0. The Hall–Kier alpha value is -0.0800. The molecule has 16 heavy (non-hydrogen) atoms. The van der Waals surface area contributed by atoms with Crippen molar-refractivity contribution in [2.45, 2.75) is 64.9 Å². The van der Waals surface area contributed by atoms with Crippen LogP contribution in [0.25, 0.3) is 0 Å². The lowest BCUT2D eigenvalue weighted by Gasteiger charge is -2.49. The van der Waals surface area contributed by atoms with Crippen molar-refractivity contribution in [3.8, 4) is 0 Å². The van der Waals surface area contributed by atoms with Crippen LogP contribution in [0.2, 0.25) is 0 Å². The standard InChI is InChI=1S/C14H29NO/c1-4-5-6-7-8-9-10-15-11-14(16,12-15)13(2)3/h13,16H,4-12H2,1-3H3. The SMILES string of the molecule is CCCCCCCCN1CC(O)(C(C)C)C1. The summed E-state index contributed by atoms with van der Waals surface area (Å²) >= 11 is 0. The molecule has 1 N–H and O–H groups in total. The van der Waals surface area contributed by atoms with Crippen LogP contribution in [0.15, 0.2) is 0 Å². The monoisotopic (exact) mass is 227 g/mol. The molecule has 1 heterocycles. The van der Waals surface area contributed by atoms with Gasteiger partial charge in [-0.25, -0.2) is 0 Å². The molecule has 1 rings (SSSR count). The third kappa shape index (κ3) is 4.06. The fourth-order valence-corrected chi connectivity index (χ4v) is 2.37. The molecule has 0 aliphatic carbocycles. The predicted octanol–water partition coefficient (Wildman–Crippen LogP) is 3.05. The Kier molecular flexibility index (Phi) is 5.77. The third-order valence-corrected chi connectivity index (χ3v) is 3.90. The lowest BCUT2D eigenvalue weighted by atomic mass is 9.83. The molecule has 96 valence electrons. The van der Waals surface area contributed by atoms with Crippen LogP contribution in [-0.2, 0) is 0 Å². The summed E-state index contributed by atoms with van der Waals surface area (Å²) < 4.78 is 0. The Morgan fingerprint density at radius 1 is 1.06 bits per heavy atom. The van der Waals surface area contributed by atoms with E-state index in [0.717, 1.165) is 13.1 Å². The first kappa shape index (κ1) is 14.0. The first-order valence-corrected chi connectivity index (χ1v) is 7.03. The van der Waals surface area contributed by atoms with Gasteiger partial charge in [0.15, 0.2) is 0 Å². The van der Waals surface area contributed by atoms with E-state index < -0.39 is 0 Å². The molecule has 1 saturated heterocycles. The summed E-state index contributed by atoms with van der Waals surface area (Å²) in [6.07, 6.45) is 8.15. The van der Waals surface area contributed by atoms with Gasteiger partial charge in [-0.3, -0.25) is 4.90 Å². The van der Waals surface area contributed by atoms with E-state index in [2.05, 4.69) is 25.7 Å². The number of aliphatic hydroxyl groups is 1. The molecule has 0 atom stereocenters. The van der Waals surface area contributed by atoms with E-state index in [9.17, 15) is 5.11 Å². The van der Waals surface area contributed by atoms with Crippen LogP contribution in [0.4, 0.5) is 0 Å². The molecule has 0 spiro atoms. The lowest BCUT2D eigenvalue weighted by molar-refractivity contribution is -0.127. The van der Waals surface area contributed by atoms with Crippen LogP contribution in [0.1, 0.15) is 59.3 Å². The molecular formula is C14H29NO. The molecule has 0 unspecified atom stereocenters. The molecule has 2 heteroatoms. The summed E-state index contributed by atoms with van der Waals surface area (Å²) in [4.78, 5) is 2.39. The number of nitrogens with zero attached hydrogens (tertiary/aromatic N) is 1. The first-order chi connectivity index (χ1) is 7.58. The Labute approximate surface area is 101 Å². The van der Waals surface area contributed by atoms with Gasteiger partial charge < -0.3 is 5.11 Å². The first-order valence-electron chi connectivity index (χ1n) is 7.03. The van der Waals surface area contributed by atoms with Gasteiger partial charge >= 0.3 is 0 Å². The van der Waals surface area contributed by atoms with E-state index in [4.69, 9.17) is 0 Å². The van der Waals surface area contributed by atoms with Crippen molar-refractivity contribution in [2.24, 2.45) is 5.92 Å². The molecule has 0 bridgehead atoms. The van der Waals surface area contributed by atoms with E-state index in [1.165, 1.54) is 45.1 Å². The number of hydrogen-bond donors (Lipinski definition) is 1. The van der Waals surface area contributed by atoms with Gasteiger partial charge in [0.1, 0.15) is 0 Å². The predicted molar refractivity (Wildman–Crippen MR) is 69.6 cm³/mol. The van der Waals surface area contributed by atoms with Gasteiger partial charge in [0, 0.05) is 13.1 Å². The minimum Gasteiger partial charge on any atom is -0.387 e. The molecule has 0 radical (unpaired) electrons. The van der Waals surface area contributed by atoms with Gasteiger partial charge in [0.25, 0.3) is 0 Å². The molecule has 1 fully saturated rings. The van der Waals surface area contributed by atoms with Crippen molar-refractivity contribution in [1.29, 1.82) is 0 Å². The quantitative estimate of drug-likeness (QED) is 0.644. The Bertz CT molecular complexity index is 185. The number of likely N-dealkylation sites (tertiary alicyclic amines) is 1. The van der Waals surface area contributed by atoms with Gasteiger partial charge in [-0.15, -0.1) is 0 Å². The molecule has 0 amide bonds. The fraction of sp³-hybridized carbons (Fsp3) is 1.00.